The van der Waals surface area contributed by atoms with E-state index in [0.29, 0.717) is 23.6 Å². The summed E-state index contributed by atoms with van der Waals surface area (Å²) in [6.45, 7) is 0.299. The monoisotopic (exact) mass is 314 g/mol. The van der Waals surface area contributed by atoms with Gasteiger partial charge in [0.2, 0.25) is 0 Å². The minimum Gasteiger partial charge on any atom is -0.366 e. The molecule has 5 nitrogen and oxygen atoms in total. The Bertz CT molecular complexity index is 686. The summed E-state index contributed by atoms with van der Waals surface area (Å²) in [6.07, 6.45) is 5.70. The van der Waals surface area contributed by atoms with E-state index in [-0.39, 0.29) is 17.8 Å². The van der Waals surface area contributed by atoms with Crippen LogP contribution in [0.25, 0.3) is 0 Å². The van der Waals surface area contributed by atoms with Crippen molar-refractivity contribution in [2.45, 2.75) is 38.3 Å². The van der Waals surface area contributed by atoms with Gasteiger partial charge >= 0.3 is 0 Å². The maximum absolute atomic E-state index is 13.6. The van der Waals surface area contributed by atoms with Gasteiger partial charge in [-0.15, -0.1) is 0 Å². The zero-order valence-electron chi connectivity index (χ0n) is 12.8. The van der Waals surface area contributed by atoms with Gasteiger partial charge < -0.3 is 10.6 Å². The number of aromatic nitrogens is 2. The standard InChI is InChI=1S/C17H19FN4O/c18-14-8-4-1-5-12(14)10-19-16-9-15(20-11-21-16)17(23)22-13-6-2-3-7-13/h1,4-5,8-9,11,13H,2-3,6-7,10H2,(H,22,23)(H,19,20,21). The second kappa shape index (κ2) is 7.17. The lowest BCUT2D eigenvalue weighted by Crippen LogP contribution is -2.33. The molecule has 23 heavy (non-hydrogen) atoms. The SMILES string of the molecule is O=C(NC1CCCC1)c1cc(NCc2ccccc2F)ncn1. The van der Waals surface area contributed by atoms with Crippen molar-refractivity contribution in [1.82, 2.24) is 15.3 Å². The molecule has 6 heteroatoms. The lowest BCUT2D eigenvalue weighted by Gasteiger charge is -2.12. The molecule has 2 aromatic rings. The molecule has 0 bridgehead atoms. The number of amides is 1. The van der Waals surface area contributed by atoms with Crippen LogP contribution in [0.15, 0.2) is 36.7 Å². The van der Waals surface area contributed by atoms with Crippen molar-refractivity contribution in [2.75, 3.05) is 5.32 Å². The molecule has 1 aliphatic rings. The van der Waals surface area contributed by atoms with Crippen LogP contribution in [-0.2, 0) is 6.54 Å². The van der Waals surface area contributed by atoms with Crippen molar-refractivity contribution in [3.05, 3.63) is 53.7 Å². The molecule has 0 unspecified atom stereocenters. The summed E-state index contributed by atoms with van der Waals surface area (Å²) >= 11 is 0. The molecule has 0 spiro atoms. The van der Waals surface area contributed by atoms with Crippen LogP contribution in [0.4, 0.5) is 10.2 Å². The fraction of sp³-hybridized carbons (Fsp3) is 0.353. The van der Waals surface area contributed by atoms with E-state index in [9.17, 15) is 9.18 Å². The van der Waals surface area contributed by atoms with Crippen LogP contribution in [0.2, 0.25) is 0 Å². The number of hydrogen-bond donors (Lipinski definition) is 2. The first kappa shape index (κ1) is 15.4. The minimum atomic E-state index is -0.270. The number of anilines is 1. The molecule has 3 rings (SSSR count). The molecule has 0 aliphatic heterocycles. The van der Waals surface area contributed by atoms with Gasteiger partial charge in [0.05, 0.1) is 0 Å². The highest BCUT2D eigenvalue weighted by molar-refractivity contribution is 5.93. The molecule has 1 amide bonds. The molecule has 0 saturated heterocycles. The third kappa shape index (κ3) is 4.03. The van der Waals surface area contributed by atoms with Crippen LogP contribution >= 0.6 is 0 Å². The number of benzene rings is 1. The first-order valence-corrected chi connectivity index (χ1v) is 7.82. The summed E-state index contributed by atoms with van der Waals surface area (Å²) in [5, 5.41) is 6.01. The van der Waals surface area contributed by atoms with Crippen LogP contribution in [0.3, 0.4) is 0 Å². The van der Waals surface area contributed by atoms with E-state index in [1.165, 1.54) is 12.4 Å². The summed E-state index contributed by atoms with van der Waals surface area (Å²) in [4.78, 5) is 20.3. The number of halogens is 1. The van der Waals surface area contributed by atoms with Gasteiger partial charge in [-0.2, -0.15) is 0 Å². The molecule has 0 radical (unpaired) electrons. The number of nitrogens with one attached hydrogen (secondary N) is 2. The Morgan fingerprint density at radius 3 is 2.78 bits per heavy atom. The molecule has 1 heterocycles. The van der Waals surface area contributed by atoms with Crippen LogP contribution < -0.4 is 10.6 Å². The average Bonchev–Trinajstić information content (AvgIpc) is 3.07. The van der Waals surface area contributed by atoms with Gasteiger partial charge in [-0.3, -0.25) is 4.79 Å². The first-order valence-electron chi connectivity index (χ1n) is 7.82. The second-order valence-corrected chi connectivity index (χ2v) is 5.69. The van der Waals surface area contributed by atoms with Gasteiger partial charge in [0.25, 0.3) is 5.91 Å². The van der Waals surface area contributed by atoms with Gasteiger partial charge in [-0.1, -0.05) is 31.0 Å². The summed E-state index contributed by atoms with van der Waals surface area (Å²) in [5.41, 5.74) is 0.867. The van der Waals surface area contributed by atoms with Crippen LogP contribution in [0, 0.1) is 5.82 Å². The zero-order chi connectivity index (χ0) is 16.1. The maximum Gasteiger partial charge on any atom is 0.270 e. The van der Waals surface area contributed by atoms with Crippen molar-refractivity contribution < 1.29 is 9.18 Å². The fourth-order valence-electron chi connectivity index (χ4n) is 2.74. The Kier molecular flexibility index (Phi) is 4.80. The Hall–Kier alpha value is -2.50. The molecule has 1 aromatic heterocycles. The summed E-state index contributed by atoms with van der Waals surface area (Å²) in [5.74, 6) is 0.0429. The van der Waals surface area contributed by atoms with Crippen LogP contribution in [0.1, 0.15) is 41.7 Å². The van der Waals surface area contributed by atoms with E-state index in [4.69, 9.17) is 0 Å². The van der Waals surface area contributed by atoms with Crippen molar-refractivity contribution in [1.29, 1.82) is 0 Å². The van der Waals surface area contributed by atoms with Gasteiger partial charge in [0, 0.05) is 24.2 Å². The van der Waals surface area contributed by atoms with Crippen molar-refractivity contribution in [3.63, 3.8) is 0 Å². The van der Waals surface area contributed by atoms with E-state index in [2.05, 4.69) is 20.6 Å². The molecule has 2 N–H and O–H groups in total. The molecule has 0 atom stereocenters. The summed E-state index contributed by atoms with van der Waals surface area (Å²) in [7, 11) is 0. The smallest absolute Gasteiger partial charge is 0.270 e. The largest absolute Gasteiger partial charge is 0.366 e. The van der Waals surface area contributed by atoms with E-state index < -0.39 is 0 Å². The highest BCUT2D eigenvalue weighted by atomic mass is 19.1. The van der Waals surface area contributed by atoms with E-state index in [1.54, 1.807) is 24.3 Å². The first-order chi connectivity index (χ1) is 11.2. The predicted octanol–water partition coefficient (Wildman–Crippen LogP) is 2.90. The fourth-order valence-corrected chi connectivity index (χ4v) is 2.74. The third-order valence-corrected chi connectivity index (χ3v) is 4.01. The highest BCUT2D eigenvalue weighted by Crippen LogP contribution is 2.18. The van der Waals surface area contributed by atoms with Gasteiger partial charge in [-0.05, 0) is 18.9 Å². The van der Waals surface area contributed by atoms with Crippen LogP contribution in [-0.4, -0.2) is 21.9 Å². The Morgan fingerprint density at radius 2 is 2.00 bits per heavy atom. The van der Waals surface area contributed by atoms with Crippen molar-refractivity contribution in [3.8, 4) is 0 Å². The van der Waals surface area contributed by atoms with Gasteiger partial charge in [0.15, 0.2) is 0 Å². The third-order valence-electron chi connectivity index (χ3n) is 4.01. The Labute approximate surface area is 134 Å². The molecule has 1 aliphatic carbocycles. The normalized spacial score (nSPS) is 14.7. The quantitative estimate of drug-likeness (QED) is 0.890. The minimum absolute atomic E-state index is 0.187. The maximum atomic E-state index is 13.6. The Balaban J connectivity index is 1.62. The lowest BCUT2D eigenvalue weighted by molar-refractivity contribution is 0.0932. The molecule has 1 aromatic carbocycles. The van der Waals surface area contributed by atoms with E-state index in [0.717, 1.165) is 25.7 Å². The van der Waals surface area contributed by atoms with Gasteiger partial charge in [-0.25, -0.2) is 14.4 Å². The van der Waals surface area contributed by atoms with E-state index in [1.807, 2.05) is 0 Å². The van der Waals surface area contributed by atoms with E-state index >= 15 is 0 Å². The molecular formula is C17H19FN4O. The summed E-state index contributed by atoms with van der Waals surface area (Å²) in [6, 6.07) is 8.38. The predicted molar refractivity (Wildman–Crippen MR) is 85.5 cm³/mol. The van der Waals surface area contributed by atoms with Gasteiger partial charge in [0.1, 0.15) is 23.7 Å². The van der Waals surface area contributed by atoms with Crippen molar-refractivity contribution >= 4 is 11.7 Å². The zero-order valence-corrected chi connectivity index (χ0v) is 12.8. The van der Waals surface area contributed by atoms with Crippen LogP contribution in [0.5, 0.6) is 0 Å². The number of rotatable bonds is 5. The average molecular weight is 314 g/mol. The Morgan fingerprint density at radius 1 is 1.22 bits per heavy atom. The lowest BCUT2D eigenvalue weighted by atomic mass is 10.2. The second-order valence-electron chi connectivity index (χ2n) is 5.69. The van der Waals surface area contributed by atoms with Crippen molar-refractivity contribution in [2.24, 2.45) is 0 Å². The number of carbonyl (C=O) groups excluding carboxylic acids is 1. The number of nitrogens with zero attached hydrogens (tertiary/aromatic N) is 2. The molecule has 1 fully saturated rings. The number of carbonyl (C=O) groups is 1. The molecular weight excluding hydrogens is 295 g/mol. The summed E-state index contributed by atoms with van der Waals surface area (Å²) < 4.78 is 13.6. The number of hydrogen-bond acceptors (Lipinski definition) is 4. The highest BCUT2D eigenvalue weighted by Gasteiger charge is 2.18. The molecule has 1 saturated carbocycles. The molecule has 120 valence electrons. The topological polar surface area (TPSA) is 66.9 Å².